The maximum absolute atomic E-state index is 14.2. The molecule has 0 aliphatic heterocycles. The van der Waals surface area contributed by atoms with Crippen molar-refractivity contribution in [3.8, 4) is 5.75 Å². The second-order valence-corrected chi connectivity index (χ2v) is 7.53. The van der Waals surface area contributed by atoms with Gasteiger partial charge in [0.2, 0.25) is 0 Å². The van der Waals surface area contributed by atoms with E-state index in [1.807, 2.05) is 30.3 Å². The monoisotopic (exact) mass is 427 g/mol. The van der Waals surface area contributed by atoms with Gasteiger partial charge < -0.3 is 14.4 Å². The molecular weight excluding hydrogens is 407 g/mol. The number of fused-ring (bicyclic) bond motifs is 1. The molecule has 0 bridgehead atoms. The lowest BCUT2D eigenvalue weighted by molar-refractivity contribution is -0.209. The van der Waals surface area contributed by atoms with Gasteiger partial charge in [0.25, 0.3) is 0 Å². The van der Waals surface area contributed by atoms with Crippen LogP contribution >= 0.6 is 0 Å². The molecule has 4 rings (SSSR count). The summed E-state index contributed by atoms with van der Waals surface area (Å²) in [6.45, 7) is -0.815. The number of aliphatic carboxylic acids is 1. The fraction of sp³-hybridized carbons (Fsp3) is 0.208. The average Bonchev–Trinajstić information content (AvgIpc) is 3.16. The summed E-state index contributed by atoms with van der Waals surface area (Å²) >= 11 is 0. The van der Waals surface area contributed by atoms with E-state index in [4.69, 9.17) is 9.84 Å². The molecule has 0 saturated carbocycles. The van der Waals surface area contributed by atoms with E-state index in [1.54, 1.807) is 47.2 Å². The normalized spacial score (nSPS) is 18.7. The first-order chi connectivity index (χ1) is 14.8. The van der Waals surface area contributed by atoms with Crippen LogP contribution in [0, 0.1) is 5.41 Å². The highest BCUT2D eigenvalue weighted by molar-refractivity contribution is 5.87. The molecule has 1 aromatic heterocycles. The molecule has 3 aromatic rings. The number of rotatable bonds is 6. The van der Waals surface area contributed by atoms with E-state index in [2.05, 4.69) is 0 Å². The number of hydrogen-bond donors (Lipinski definition) is 1. The van der Waals surface area contributed by atoms with Crippen molar-refractivity contribution in [3.05, 3.63) is 84.6 Å². The van der Waals surface area contributed by atoms with Crippen molar-refractivity contribution >= 4 is 22.4 Å². The molecule has 7 heteroatoms. The quantitative estimate of drug-likeness (QED) is 0.549. The van der Waals surface area contributed by atoms with E-state index in [1.165, 1.54) is 6.08 Å². The number of ether oxygens (including phenoxy) is 1. The van der Waals surface area contributed by atoms with E-state index in [-0.39, 0.29) is 13.0 Å². The third-order valence-corrected chi connectivity index (χ3v) is 5.52. The SMILES string of the molecule is O=C(O)COc1cccc2c1ccn2CC1(C(F)(F)F)C=CC(c2ccccc2)=CC1. The van der Waals surface area contributed by atoms with Gasteiger partial charge in [-0.3, -0.25) is 0 Å². The van der Waals surface area contributed by atoms with Gasteiger partial charge in [0, 0.05) is 18.1 Å². The largest absolute Gasteiger partial charge is 0.481 e. The van der Waals surface area contributed by atoms with Gasteiger partial charge in [-0.25, -0.2) is 4.79 Å². The Morgan fingerprint density at radius 1 is 1.10 bits per heavy atom. The molecule has 1 unspecified atom stereocenters. The van der Waals surface area contributed by atoms with Gasteiger partial charge in [0.1, 0.15) is 11.2 Å². The first kappa shape index (κ1) is 20.8. The second kappa shape index (κ2) is 7.98. The highest BCUT2D eigenvalue weighted by Crippen LogP contribution is 2.48. The van der Waals surface area contributed by atoms with Gasteiger partial charge in [-0.05, 0) is 35.8 Å². The summed E-state index contributed by atoms with van der Waals surface area (Å²) in [6, 6.07) is 15.9. The molecule has 0 radical (unpaired) electrons. The Bertz CT molecular complexity index is 1160. The number of carbonyl (C=O) groups is 1. The number of alkyl halides is 3. The molecule has 2 aromatic carbocycles. The molecule has 0 fully saturated rings. The van der Waals surface area contributed by atoms with Gasteiger partial charge in [-0.15, -0.1) is 0 Å². The fourth-order valence-electron chi connectivity index (χ4n) is 3.84. The Hall–Kier alpha value is -3.48. The summed E-state index contributed by atoms with van der Waals surface area (Å²) in [6.07, 6.45) is 1.39. The minimum absolute atomic E-state index is 0.174. The fourth-order valence-corrected chi connectivity index (χ4v) is 3.84. The van der Waals surface area contributed by atoms with Crippen LogP contribution in [0.1, 0.15) is 12.0 Å². The lowest BCUT2D eigenvalue weighted by atomic mass is 9.78. The molecule has 0 spiro atoms. The molecule has 4 nitrogen and oxygen atoms in total. The molecule has 1 N–H and O–H groups in total. The topological polar surface area (TPSA) is 51.5 Å². The molecule has 1 atom stereocenters. The number of carboxylic acid groups (broad SMARTS) is 1. The number of benzene rings is 2. The summed E-state index contributed by atoms with van der Waals surface area (Å²) in [5.74, 6) is -0.800. The lowest BCUT2D eigenvalue weighted by Gasteiger charge is -2.35. The van der Waals surface area contributed by atoms with Crippen molar-refractivity contribution in [1.29, 1.82) is 0 Å². The molecule has 160 valence electrons. The Labute approximate surface area is 176 Å². The minimum atomic E-state index is -4.45. The number of halogens is 3. The summed E-state index contributed by atoms with van der Waals surface area (Å²) in [5.41, 5.74) is 0.149. The predicted octanol–water partition coefficient (Wildman–Crippen LogP) is 5.70. The highest BCUT2D eigenvalue weighted by atomic mass is 19.4. The molecule has 1 heterocycles. The van der Waals surface area contributed by atoms with Gasteiger partial charge in [0.05, 0.1) is 5.52 Å². The molecule has 0 amide bonds. The molecule has 31 heavy (non-hydrogen) atoms. The highest BCUT2D eigenvalue weighted by Gasteiger charge is 2.53. The van der Waals surface area contributed by atoms with Crippen LogP contribution in [0.15, 0.2) is 79.0 Å². The van der Waals surface area contributed by atoms with Crippen molar-refractivity contribution in [2.45, 2.75) is 19.1 Å². The summed E-state index contributed by atoms with van der Waals surface area (Å²) < 4.78 is 49.5. The van der Waals surface area contributed by atoms with Gasteiger partial charge >= 0.3 is 12.1 Å². The van der Waals surface area contributed by atoms with Crippen LogP contribution in [-0.2, 0) is 11.3 Å². The first-order valence-corrected chi connectivity index (χ1v) is 9.73. The molecule has 1 aliphatic carbocycles. The van der Waals surface area contributed by atoms with E-state index >= 15 is 0 Å². The Morgan fingerprint density at radius 3 is 2.52 bits per heavy atom. The van der Waals surface area contributed by atoms with Crippen molar-refractivity contribution < 1.29 is 27.8 Å². The summed E-state index contributed by atoms with van der Waals surface area (Å²) in [4.78, 5) is 10.8. The van der Waals surface area contributed by atoms with Crippen LogP contribution in [-0.4, -0.2) is 28.4 Å². The van der Waals surface area contributed by atoms with Crippen LogP contribution in [0.3, 0.4) is 0 Å². The van der Waals surface area contributed by atoms with Gasteiger partial charge in [-0.1, -0.05) is 54.6 Å². The smallest absolute Gasteiger partial charge is 0.399 e. The van der Waals surface area contributed by atoms with Crippen molar-refractivity contribution in [2.24, 2.45) is 5.41 Å². The summed E-state index contributed by atoms with van der Waals surface area (Å²) in [7, 11) is 0. The lowest BCUT2D eigenvalue weighted by Crippen LogP contribution is -2.40. The van der Waals surface area contributed by atoms with E-state index < -0.39 is 24.2 Å². The summed E-state index contributed by atoms with van der Waals surface area (Å²) in [5, 5.41) is 9.40. The number of allylic oxidation sites excluding steroid dienone is 4. The molecular formula is C24H20F3NO3. The predicted molar refractivity (Wildman–Crippen MR) is 112 cm³/mol. The van der Waals surface area contributed by atoms with E-state index in [0.717, 1.165) is 11.1 Å². The van der Waals surface area contributed by atoms with E-state index in [0.29, 0.717) is 16.7 Å². The van der Waals surface area contributed by atoms with Gasteiger partial charge in [0.15, 0.2) is 6.61 Å². The third-order valence-electron chi connectivity index (χ3n) is 5.52. The number of aromatic nitrogens is 1. The minimum Gasteiger partial charge on any atom is -0.481 e. The number of hydrogen-bond acceptors (Lipinski definition) is 2. The molecule has 1 aliphatic rings. The Morgan fingerprint density at radius 2 is 1.87 bits per heavy atom. The first-order valence-electron chi connectivity index (χ1n) is 9.73. The maximum atomic E-state index is 14.2. The van der Waals surface area contributed by atoms with Crippen molar-refractivity contribution in [1.82, 2.24) is 4.57 Å². The van der Waals surface area contributed by atoms with E-state index in [9.17, 15) is 18.0 Å². The Balaban J connectivity index is 1.65. The average molecular weight is 427 g/mol. The standard InChI is InChI=1S/C24H20F3NO3/c25-24(26,27)23(12-9-18(10-13-23)17-5-2-1-3-6-17)16-28-14-11-19-20(28)7-4-8-21(19)31-15-22(29)30/h1-12,14H,13,15-16H2,(H,29,30). The van der Waals surface area contributed by atoms with Crippen LogP contribution < -0.4 is 4.74 Å². The van der Waals surface area contributed by atoms with Crippen LogP contribution in [0.5, 0.6) is 5.75 Å². The molecule has 0 saturated heterocycles. The van der Waals surface area contributed by atoms with Crippen molar-refractivity contribution in [2.75, 3.05) is 6.61 Å². The van der Waals surface area contributed by atoms with Crippen molar-refractivity contribution in [3.63, 3.8) is 0 Å². The zero-order chi connectivity index (χ0) is 22.1. The number of carboxylic acids is 1. The zero-order valence-electron chi connectivity index (χ0n) is 16.5. The van der Waals surface area contributed by atoms with Crippen LogP contribution in [0.2, 0.25) is 0 Å². The Kier molecular flexibility index (Phi) is 5.35. The van der Waals surface area contributed by atoms with Crippen LogP contribution in [0.25, 0.3) is 16.5 Å². The third kappa shape index (κ3) is 4.08. The maximum Gasteiger partial charge on any atom is 0.399 e. The zero-order valence-corrected chi connectivity index (χ0v) is 16.5. The number of nitrogens with zero attached hydrogens (tertiary/aromatic N) is 1. The second-order valence-electron chi connectivity index (χ2n) is 7.53. The van der Waals surface area contributed by atoms with Gasteiger partial charge in [-0.2, -0.15) is 13.2 Å². The van der Waals surface area contributed by atoms with Crippen LogP contribution in [0.4, 0.5) is 13.2 Å².